The van der Waals surface area contributed by atoms with Gasteiger partial charge in [-0.15, -0.1) is 0 Å². The third-order valence-electron chi connectivity index (χ3n) is 8.29. The quantitative estimate of drug-likeness (QED) is 0.158. The Kier molecular flexibility index (Phi) is 12.0. The highest BCUT2D eigenvalue weighted by molar-refractivity contribution is 7.92. The average molecular weight is 654 g/mol. The maximum Gasteiger partial charge on any atom is 0.264 e. The second-order valence-corrected chi connectivity index (χ2v) is 14.7. The molecule has 248 valence electrons. The molecular weight excluding hydrogens is 607 g/mol. The van der Waals surface area contributed by atoms with Gasteiger partial charge in [-0.2, -0.15) is 0 Å². The topological polar surface area (TPSA) is 86.8 Å². The van der Waals surface area contributed by atoms with Crippen molar-refractivity contribution in [3.8, 4) is 0 Å². The second-order valence-electron chi connectivity index (χ2n) is 12.9. The fourth-order valence-corrected chi connectivity index (χ4v) is 6.75. The van der Waals surface area contributed by atoms with Crippen LogP contribution in [0.25, 0.3) is 0 Å². The van der Waals surface area contributed by atoms with Gasteiger partial charge in [0.1, 0.15) is 12.6 Å². The zero-order valence-corrected chi connectivity index (χ0v) is 29.1. The molecule has 0 spiro atoms. The van der Waals surface area contributed by atoms with Gasteiger partial charge in [0.15, 0.2) is 0 Å². The van der Waals surface area contributed by atoms with Crippen LogP contribution in [0.3, 0.4) is 0 Å². The van der Waals surface area contributed by atoms with Gasteiger partial charge in [0.05, 0.1) is 10.6 Å². The number of hydrogen-bond donors (Lipinski definition) is 1. The molecule has 0 radical (unpaired) electrons. The van der Waals surface area contributed by atoms with Gasteiger partial charge in [-0.25, -0.2) is 8.42 Å². The molecule has 4 aromatic rings. The number of carbonyl (C=O) groups excluding carboxylic acids is 2. The Morgan fingerprint density at radius 1 is 0.766 bits per heavy atom. The molecule has 4 aromatic carbocycles. The van der Waals surface area contributed by atoms with E-state index in [1.807, 2.05) is 94.4 Å². The third kappa shape index (κ3) is 9.32. The van der Waals surface area contributed by atoms with Crippen LogP contribution in [0.15, 0.2) is 108 Å². The number of nitrogens with zero attached hydrogens (tertiary/aromatic N) is 2. The lowest BCUT2D eigenvalue weighted by atomic mass is 10.0. The van der Waals surface area contributed by atoms with Crippen molar-refractivity contribution in [1.82, 2.24) is 10.2 Å². The highest BCUT2D eigenvalue weighted by Gasteiger charge is 2.35. The molecule has 0 fully saturated rings. The number of sulfonamides is 1. The van der Waals surface area contributed by atoms with Crippen LogP contribution >= 0.6 is 0 Å². The molecule has 0 aliphatic heterocycles. The SMILES string of the molecule is Cc1ccc(S(=O)(=O)N(CC(=O)N(Cc2ccccc2C)C(Cc2ccccc2)C(=O)NCC(C)C)c2ccc(C(C)C)cc2)cc1. The monoisotopic (exact) mass is 653 g/mol. The van der Waals surface area contributed by atoms with Gasteiger partial charge < -0.3 is 10.2 Å². The molecule has 47 heavy (non-hydrogen) atoms. The molecule has 4 rings (SSSR count). The first-order valence-corrected chi connectivity index (χ1v) is 17.7. The first-order chi connectivity index (χ1) is 22.4. The van der Waals surface area contributed by atoms with E-state index < -0.39 is 28.5 Å². The lowest BCUT2D eigenvalue weighted by Gasteiger charge is -2.34. The summed E-state index contributed by atoms with van der Waals surface area (Å²) in [5, 5.41) is 3.04. The summed E-state index contributed by atoms with van der Waals surface area (Å²) in [5.74, 6) is -0.294. The minimum atomic E-state index is -4.15. The Hall–Kier alpha value is -4.43. The number of benzene rings is 4. The van der Waals surface area contributed by atoms with E-state index in [1.165, 1.54) is 4.31 Å². The molecule has 8 heteroatoms. The first-order valence-electron chi connectivity index (χ1n) is 16.2. The van der Waals surface area contributed by atoms with E-state index in [0.717, 1.165) is 27.8 Å². The molecule has 0 aliphatic rings. The van der Waals surface area contributed by atoms with Crippen molar-refractivity contribution in [2.45, 2.75) is 71.4 Å². The lowest BCUT2D eigenvalue weighted by molar-refractivity contribution is -0.140. The van der Waals surface area contributed by atoms with E-state index in [1.54, 1.807) is 41.3 Å². The van der Waals surface area contributed by atoms with Gasteiger partial charge in [-0.05, 0) is 72.2 Å². The zero-order chi connectivity index (χ0) is 34.1. The van der Waals surface area contributed by atoms with Crippen LogP contribution in [0.1, 0.15) is 61.4 Å². The molecule has 0 saturated carbocycles. The average Bonchev–Trinajstić information content (AvgIpc) is 3.05. The van der Waals surface area contributed by atoms with E-state index >= 15 is 0 Å². The van der Waals surface area contributed by atoms with Crippen molar-refractivity contribution in [2.24, 2.45) is 5.92 Å². The van der Waals surface area contributed by atoms with E-state index in [-0.39, 0.29) is 35.6 Å². The van der Waals surface area contributed by atoms with Crippen molar-refractivity contribution >= 4 is 27.5 Å². The molecule has 0 aromatic heterocycles. The summed E-state index contributed by atoms with van der Waals surface area (Å²) in [6, 6.07) is 30.3. The molecule has 2 amide bonds. The summed E-state index contributed by atoms with van der Waals surface area (Å²) in [4.78, 5) is 30.2. The Morgan fingerprint density at radius 3 is 1.98 bits per heavy atom. The molecule has 0 heterocycles. The number of anilines is 1. The van der Waals surface area contributed by atoms with Crippen molar-refractivity contribution in [3.05, 3.63) is 131 Å². The molecule has 7 nitrogen and oxygen atoms in total. The summed E-state index contributed by atoms with van der Waals surface area (Å²) in [6.45, 7) is 12.1. The smallest absolute Gasteiger partial charge is 0.264 e. The van der Waals surface area contributed by atoms with Crippen LogP contribution in [0.2, 0.25) is 0 Å². The lowest BCUT2D eigenvalue weighted by Crippen LogP contribution is -2.53. The van der Waals surface area contributed by atoms with E-state index in [9.17, 15) is 18.0 Å². The Labute approximate surface area is 280 Å². The minimum Gasteiger partial charge on any atom is -0.354 e. The molecule has 1 unspecified atom stereocenters. The highest BCUT2D eigenvalue weighted by Crippen LogP contribution is 2.27. The predicted octanol–water partition coefficient (Wildman–Crippen LogP) is 7.03. The van der Waals surface area contributed by atoms with E-state index in [0.29, 0.717) is 12.2 Å². The van der Waals surface area contributed by atoms with Gasteiger partial charge in [0.2, 0.25) is 11.8 Å². The second kappa shape index (κ2) is 15.9. The van der Waals surface area contributed by atoms with E-state index in [4.69, 9.17) is 0 Å². The van der Waals surface area contributed by atoms with Gasteiger partial charge in [-0.1, -0.05) is 112 Å². The number of aryl methyl sites for hydroxylation is 2. The van der Waals surface area contributed by atoms with Gasteiger partial charge >= 0.3 is 0 Å². The minimum absolute atomic E-state index is 0.0878. The number of nitrogens with one attached hydrogen (secondary N) is 1. The maximum atomic E-state index is 14.7. The summed E-state index contributed by atoms with van der Waals surface area (Å²) in [6.07, 6.45) is 0.274. The fourth-order valence-electron chi connectivity index (χ4n) is 5.34. The van der Waals surface area contributed by atoms with Gasteiger partial charge in [0, 0.05) is 19.5 Å². The first kappa shape index (κ1) is 35.4. The number of carbonyl (C=O) groups is 2. The van der Waals surface area contributed by atoms with Gasteiger partial charge in [0.25, 0.3) is 10.0 Å². The normalized spacial score (nSPS) is 12.2. The third-order valence-corrected chi connectivity index (χ3v) is 10.1. The summed E-state index contributed by atoms with van der Waals surface area (Å²) in [5.41, 5.74) is 5.10. The standard InChI is InChI=1S/C39H47N3O4S/c1-28(2)25-40-39(44)37(24-32-13-8-7-9-14-32)41(26-34-15-11-10-12-31(34)6)38(43)27-42(35-20-18-33(19-21-35)29(3)4)47(45,46)36-22-16-30(5)17-23-36/h7-23,28-29,37H,24-27H2,1-6H3,(H,40,44). The summed E-state index contributed by atoms with van der Waals surface area (Å²) < 4.78 is 29.7. The van der Waals surface area contributed by atoms with Crippen LogP contribution in [-0.4, -0.2) is 44.3 Å². The van der Waals surface area contributed by atoms with Crippen LogP contribution in [0.4, 0.5) is 5.69 Å². The largest absolute Gasteiger partial charge is 0.354 e. The highest BCUT2D eigenvalue weighted by atomic mass is 32.2. The Bertz CT molecular complexity index is 1740. The van der Waals surface area contributed by atoms with Crippen molar-refractivity contribution in [1.29, 1.82) is 0 Å². The predicted molar refractivity (Wildman–Crippen MR) is 190 cm³/mol. The van der Waals surface area contributed by atoms with E-state index in [2.05, 4.69) is 19.2 Å². The molecular formula is C39H47N3O4S. The molecule has 1 atom stereocenters. The van der Waals surface area contributed by atoms with Crippen LogP contribution in [0.5, 0.6) is 0 Å². The van der Waals surface area contributed by atoms with Crippen LogP contribution < -0.4 is 9.62 Å². The number of amides is 2. The van der Waals surface area contributed by atoms with Gasteiger partial charge in [-0.3, -0.25) is 13.9 Å². The fraction of sp³-hybridized carbons (Fsp3) is 0.333. The van der Waals surface area contributed by atoms with Crippen molar-refractivity contribution in [2.75, 3.05) is 17.4 Å². The molecule has 1 N–H and O–H groups in total. The molecule has 0 aliphatic carbocycles. The molecule has 0 bridgehead atoms. The van der Waals surface area contributed by atoms with Crippen LogP contribution in [0, 0.1) is 19.8 Å². The number of rotatable bonds is 14. The summed E-state index contributed by atoms with van der Waals surface area (Å²) in [7, 11) is -4.15. The van der Waals surface area contributed by atoms with Crippen molar-refractivity contribution < 1.29 is 18.0 Å². The number of hydrogen-bond acceptors (Lipinski definition) is 4. The van der Waals surface area contributed by atoms with Crippen molar-refractivity contribution in [3.63, 3.8) is 0 Å². The zero-order valence-electron chi connectivity index (χ0n) is 28.3. The maximum absolute atomic E-state index is 14.7. The Balaban J connectivity index is 1.81. The van der Waals surface area contributed by atoms with Crippen LogP contribution in [-0.2, 0) is 32.6 Å². The Morgan fingerprint density at radius 2 is 1.38 bits per heavy atom. The molecule has 0 saturated heterocycles. The summed E-state index contributed by atoms with van der Waals surface area (Å²) >= 11 is 0.